The van der Waals surface area contributed by atoms with Crippen molar-refractivity contribution in [2.45, 2.75) is 36.7 Å². The van der Waals surface area contributed by atoms with Crippen molar-refractivity contribution in [3.8, 4) is 17.2 Å². The van der Waals surface area contributed by atoms with Crippen LogP contribution in [0.4, 0.5) is 18.0 Å². The average Bonchev–Trinajstić information content (AvgIpc) is 2.86. The third-order valence-corrected chi connectivity index (χ3v) is 7.28. The van der Waals surface area contributed by atoms with Crippen LogP contribution < -0.4 is 9.47 Å². The maximum Gasteiger partial charge on any atom is 0.573 e. The molecule has 1 amide bonds. The Kier molecular flexibility index (Phi) is 9.59. The first-order valence-electron chi connectivity index (χ1n) is 11.5. The summed E-state index contributed by atoms with van der Waals surface area (Å²) < 4.78 is 72.6. The highest BCUT2D eigenvalue weighted by Crippen LogP contribution is 2.28. The number of halogens is 3. The minimum absolute atomic E-state index is 0.0125. The van der Waals surface area contributed by atoms with Crippen LogP contribution in [0.2, 0.25) is 0 Å². The Labute approximate surface area is 217 Å². The van der Waals surface area contributed by atoms with E-state index in [4.69, 9.17) is 4.74 Å². The zero-order chi connectivity index (χ0) is 27.8. The summed E-state index contributed by atoms with van der Waals surface area (Å²) in [6, 6.07) is 17.9. The molecule has 0 aliphatic carbocycles. The summed E-state index contributed by atoms with van der Waals surface area (Å²) in [5.41, 5.74) is 0.695. The van der Waals surface area contributed by atoms with E-state index in [-0.39, 0.29) is 42.4 Å². The van der Waals surface area contributed by atoms with Crippen molar-refractivity contribution in [2.24, 2.45) is 0 Å². The van der Waals surface area contributed by atoms with Gasteiger partial charge < -0.3 is 24.6 Å². The van der Waals surface area contributed by atoms with Crippen LogP contribution in [0, 0.1) is 0 Å². The predicted molar refractivity (Wildman–Crippen MR) is 132 cm³/mol. The van der Waals surface area contributed by atoms with Crippen LogP contribution in [0.1, 0.15) is 18.4 Å². The number of rotatable bonds is 12. The molecule has 8 nitrogen and oxygen atoms in total. The second-order valence-corrected chi connectivity index (χ2v) is 10.3. The molecule has 0 heterocycles. The molecule has 0 saturated carbocycles. The van der Waals surface area contributed by atoms with E-state index in [1.54, 1.807) is 30.3 Å². The summed E-state index contributed by atoms with van der Waals surface area (Å²) in [7, 11) is -3.94. The largest absolute Gasteiger partial charge is 0.573 e. The van der Waals surface area contributed by atoms with Crippen molar-refractivity contribution in [2.75, 3.05) is 12.4 Å². The highest BCUT2D eigenvalue weighted by atomic mass is 32.2. The average molecular weight is 554 g/mol. The normalized spacial score (nSPS) is 12.5. The standard InChI is InChI=1S/C26H26F3NO7S/c27-26(28,29)37-23-10-8-21(9-11-23)36-22-12-14-24(15-13-22)38(34,35)18-20(7-4-16-31)30(25(32)33)17-19-5-2-1-3-6-19/h1-3,5-6,8-15,20,31H,4,7,16-18H2,(H,32,33)/t20-/m0/s1. The van der Waals surface area contributed by atoms with Crippen molar-refractivity contribution >= 4 is 15.9 Å². The summed E-state index contributed by atoms with van der Waals surface area (Å²) >= 11 is 0. The Morgan fingerprint density at radius 3 is 1.97 bits per heavy atom. The van der Waals surface area contributed by atoms with Gasteiger partial charge in [-0.15, -0.1) is 13.2 Å². The van der Waals surface area contributed by atoms with Gasteiger partial charge in [-0.1, -0.05) is 30.3 Å². The number of carboxylic acid groups (broad SMARTS) is 1. The molecule has 204 valence electrons. The number of hydrogen-bond donors (Lipinski definition) is 2. The summed E-state index contributed by atoms with van der Waals surface area (Å²) in [6.45, 7) is -0.230. The minimum atomic E-state index is -4.82. The van der Waals surface area contributed by atoms with Gasteiger partial charge in [0.05, 0.1) is 10.6 Å². The van der Waals surface area contributed by atoms with Crippen molar-refractivity contribution in [1.82, 2.24) is 4.90 Å². The molecule has 12 heteroatoms. The van der Waals surface area contributed by atoms with Gasteiger partial charge in [-0.05, 0) is 66.9 Å². The van der Waals surface area contributed by atoms with Gasteiger partial charge in [-0.2, -0.15) is 0 Å². The lowest BCUT2D eigenvalue weighted by Crippen LogP contribution is -2.43. The maximum atomic E-state index is 13.2. The molecule has 0 fully saturated rings. The Hall–Kier alpha value is -3.77. The molecule has 3 aromatic carbocycles. The van der Waals surface area contributed by atoms with Gasteiger partial charge in [0.1, 0.15) is 17.2 Å². The second-order valence-electron chi connectivity index (χ2n) is 8.29. The SMILES string of the molecule is O=C(O)N(Cc1ccccc1)[C@@H](CCCO)CS(=O)(=O)c1ccc(Oc2ccc(OC(F)(F)F)cc2)cc1. The van der Waals surface area contributed by atoms with Crippen molar-refractivity contribution in [3.05, 3.63) is 84.4 Å². The molecule has 0 aromatic heterocycles. The summed E-state index contributed by atoms with van der Waals surface area (Å²) in [5, 5.41) is 19.1. The summed E-state index contributed by atoms with van der Waals surface area (Å²) in [5.74, 6) is -0.462. The molecule has 0 radical (unpaired) electrons. The lowest BCUT2D eigenvalue weighted by Gasteiger charge is -2.29. The van der Waals surface area contributed by atoms with E-state index in [0.717, 1.165) is 17.0 Å². The molecule has 3 aromatic rings. The number of sulfone groups is 1. The maximum absolute atomic E-state index is 13.2. The molecule has 2 N–H and O–H groups in total. The molecular formula is C26H26F3NO7S. The number of aliphatic hydroxyl groups excluding tert-OH is 1. The smallest absolute Gasteiger partial charge is 0.465 e. The minimum Gasteiger partial charge on any atom is -0.465 e. The van der Waals surface area contributed by atoms with Crippen molar-refractivity contribution in [3.63, 3.8) is 0 Å². The zero-order valence-corrected chi connectivity index (χ0v) is 20.9. The number of aliphatic hydroxyl groups is 1. The first-order valence-corrected chi connectivity index (χ1v) is 13.1. The van der Waals surface area contributed by atoms with Gasteiger partial charge >= 0.3 is 12.5 Å². The number of alkyl halides is 3. The molecule has 0 aliphatic rings. The van der Waals surface area contributed by atoms with Gasteiger partial charge in [-0.3, -0.25) is 0 Å². The quantitative estimate of drug-likeness (QED) is 0.306. The van der Waals surface area contributed by atoms with Gasteiger partial charge in [0, 0.05) is 19.2 Å². The fraction of sp³-hybridized carbons (Fsp3) is 0.269. The molecule has 0 saturated heterocycles. The van der Waals surface area contributed by atoms with Crippen LogP contribution in [0.5, 0.6) is 17.2 Å². The Morgan fingerprint density at radius 2 is 1.45 bits per heavy atom. The van der Waals surface area contributed by atoms with E-state index in [9.17, 15) is 36.6 Å². The van der Waals surface area contributed by atoms with Gasteiger partial charge in [-0.25, -0.2) is 13.2 Å². The monoisotopic (exact) mass is 553 g/mol. The van der Waals surface area contributed by atoms with Crippen LogP contribution >= 0.6 is 0 Å². The van der Waals surface area contributed by atoms with Crippen LogP contribution in [-0.4, -0.2) is 54.4 Å². The molecule has 38 heavy (non-hydrogen) atoms. The van der Waals surface area contributed by atoms with E-state index in [1.165, 1.54) is 36.4 Å². The van der Waals surface area contributed by atoms with E-state index >= 15 is 0 Å². The number of benzene rings is 3. The molecule has 0 unspecified atom stereocenters. The van der Waals surface area contributed by atoms with Crippen LogP contribution in [-0.2, 0) is 16.4 Å². The van der Waals surface area contributed by atoms with Crippen molar-refractivity contribution < 1.29 is 46.1 Å². The number of amides is 1. The summed E-state index contributed by atoms with van der Waals surface area (Å²) in [4.78, 5) is 13.0. The number of carbonyl (C=O) groups is 1. The van der Waals surface area contributed by atoms with Gasteiger partial charge in [0.15, 0.2) is 9.84 Å². The molecule has 1 atom stereocenters. The van der Waals surface area contributed by atoms with Crippen LogP contribution in [0.25, 0.3) is 0 Å². The molecule has 0 aliphatic heterocycles. The molecule has 3 rings (SSSR count). The van der Waals surface area contributed by atoms with E-state index in [0.29, 0.717) is 5.56 Å². The van der Waals surface area contributed by atoms with Crippen LogP contribution in [0.15, 0.2) is 83.8 Å². The Bertz CT molecular complexity index is 1280. The number of ether oxygens (including phenoxy) is 2. The van der Waals surface area contributed by atoms with E-state index in [2.05, 4.69) is 4.74 Å². The lowest BCUT2D eigenvalue weighted by atomic mass is 10.1. The zero-order valence-electron chi connectivity index (χ0n) is 20.0. The number of hydrogen-bond acceptors (Lipinski definition) is 6. The van der Waals surface area contributed by atoms with Gasteiger partial charge in [0.2, 0.25) is 0 Å². The Balaban J connectivity index is 1.73. The first-order chi connectivity index (χ1) is 18.0. The highest BCUT2D eigenvalue weighted by Gasteiger charge is 2.31. The first kappa shape index (κ1) is 28.8. The molecular weight excluding hydrogens is 527 g/mol. The fourth-order valence-electron chi connectivity index (χ4n) is 3.70. The second kappa shape index (κ2) is 12.7. The fourth-order valence-corrected chi connectivity index (χ4v) is 5.30. The Morgan fingerprint density at radius 1 is 0.895 bits per heavy atom. The molecule has 0 spiro atoms. The van der Waals surface area contributed by atoms with Crippen LogP contribution in [0.3, 0.4) is 0 Å². The summed E-state index contributed by atoms with van der Waals surface area (Å²) in [6.07, 6.45) is -5.73. The third kappa shape index (κ3) is 8.67. The topological polar surface area (TPSA) is 113 Å². The highest BCUT2D eigenvalue weighted by molar-refractivity contribution is 7.91. The van der Waals surface area contributed by atoms with E-state index in [1.807, 2.05) is 0 Å². The van der Waals surface area contributed by atoms with E-state index < -0.39 is 39.8 Å². The molecule has 0 bridgehead atoms. The third-order valence-electron chi connectivity index (χ3n) is 5.47. The van der Waals surface area contributed by atoms with Gasteiger partial charge in [0.25, 0.3) is 0 Å². The lowest BCUT2D eigenvalue weighted by molar-refractivity contribution is -0.274. The number of nitrogens with zero attached hydrogens (tertiary/aromatic N) is 1. The predicted octanol–water partition coefficient (Wildman–Crippen LogP) is 5.47. The van der Waals surface area contributed by atoms with Crippen molar-refractivity contribution in [1.29, 1.82) is 0 Å².